The van der Waals surface area contributed by atoms with Gasteiger partial charge in [-0.3, -0.25) is 9.59 Å². The van der Waals surface area contributed by atoms with E-state index in [1.807, 2.05) is 29.2 Å². The molecule has 1 aliphatic carbocycles. The first-order valence-corrected chi connectivity index (χ1v) is 11.6. The van der Waals surface area contributed by atoms with E-state index in [4.69, 9.17) is 0 Å². The molecule has 0 aromatic heterocycles. The fraction of sp³-hybridized carbons (Fsp3) is 0.462. The Morgan fingerprint density at radius 1 is 0.935 bits per heavy atom. The Hall–Kier alpha value is -2.82. The van der Waals surface area contributed by atoms with Crippen LogP contribution in [0.15, 0.2) is 48.5 Å². The molecule has 1 saturated heterocycles. The third-order valence-electron chi connectivity index (χ3n) is 6.55. The van der Waals surface area contributed by atoms with Crippen LogP contribution in [0.25, 0.3) is 0 Å². The zero-order chi connectivity index (χ0) is 21.6. The van der Waals surface area contributed by atoms with Crippen LogP contribution in [-0.2, 0) is 16.0 Å². The molecule has 5 heteroatoms. The average Bonchev–Trinajstić information content (AvgIpc) is 2.80. The highest BCUT2D eigenvalue weighted by molar-refractivity contribution is 5.92. The molecule has 164 valence electrons. The molecule has 1 N–H and O–H groups in total. The smallest absolute Gasteiger partial charge is 0.227 e. The Balaban J connectivity index is 1.26. The van der Waals surface area contributed by atoms with E-state index in [-0.39, 0.29) is 17.7 Å². The van der Waals surface area contributed by atoms with Crippen LogP contribution in [0.5, 0.6) is 0 Å². The second-order valence-corrected chi connectivity index (χ2v) is 8.90. The summed E-state index contributed by atoms with van der Waals surface area (Å²) in [6.45, 7) is 5.19. The van der Waals surface area contributed by atoms with Crippen LogP contribution >= 0.6 is 0 Å². The van der Waals surface area contributed by atoms with E-state index in [0.717, 1.165) is 68.8 Å². The predicted octanol–water partition coefficient (Wildman–Crippen LogP) is 4.41. The second-order valence-electron chi connectivity index (χ2n) is 8.90. The van der Waals surface area contributed by atoms with Gasteiger partial charge in [-0.05, 0) is 49.6 Å². The maximum atomic E-state index is 12.7. The van der Waals surface area contributed by atoms with E-state index in [9.17, 15) is 9.59 Å². The number of aryl methyl sites for hydroxylation is 1. The van der Waals surface area contributed by atoms with Gasteiger partial charge in [-0.25, -0.2) is 0 Å². The number of rotatable bonds is 5. The van der Waals surface area contributed by atoms with Gasteiger partial charge in [0.05, 0.1) is 6.42 Å². The fourth-order valence-electron chi connectivity index (χ4n) is 4.69. The molecule has 0 radical (unpaired) electrons. The molecular formula is C26H33N3O2. The topological polar surface area (TPSA) is 52.7 Å². The number of anilines is 2. The summed E-state index contributed by atoms with van der Waals surface area (Å²) in [6, 6.07) is 16.3. The lowest BCUT2D eigenvalue weighted by Crippen LogP contribution is -2.49. The summed E-state index contributed by atoms with van der Waals surface area (Å²) in [5.41, 5.74) is 4.28. The molecule has 2 aromatic carbocycles. The second kappa shape index (κ2) is 9.99. The first-order chi connectivity index (χ1) is 15.1. The van der Waals surface area contributed by atoms with E-state index in [1.165, 1.54) is 12.0 Å². The van der Waals surface area contributed by atoms with Crippen molar-refractivity contribution in [3.8, 4) is 0 Å². The molecule has 0 atom stereocenters. The third-order valence-corrected chi connectivity index (χ3v) is 6.55. The van der Waals surface area contributed by atoms with Crippen LogP contribution in [0.2, 0.25) is 0 Å². The third kappa shape index (κ3) is 5.66. The van der Waals surface area contributed by atoms with Crippen molar-refractivity contribution in [3.63, 3.8) is 0 Å². The Morgan fingerprint density at radius 2 is 1.65 bits per heavy atom. The largest absolute Gasteiger partial charge is 0.368 e. The predicted molar refractivity (Wildman–Crippen MR) is 125 cm³/mol. The quantitative estimate of drug-likeness (QED) is 0.781. The molecule has 1 saturated carbocycles. The molecule has 2 aliphatic rings. The Bertz CT molecular complexity index is 895. The minimum absolute atomic E-state index is 0.160. The molecule has 0 spiro atoms. The van der Waals surface area contributed by atoms with Gasteiger partial charge in [-0.15, -0.1) is 0 Å². The lowest BCUT2D eigenvalue weighted by atomic mass is 9.88. The molecular weight excluding hydrogens is 386 g/mol. The monoisotopic (exact) mass is 419 g/mol. The Morgan fingerprint density at radius 3 is 2.32 bits per heavy atom. The number of nitrogens with zero attached hydrogens (tertiary/aromatic N) is 2. The van der Waals surface area contributed by atoms with Gasteiger partial charge in [0.2, 0.25) is 11.8 Å². The molecule has 5 nitrogen and oxygen atoms in total. The van der Waals surface area contributed by atoms with E-state index in [0.29, 0.717) is 6.42 Å². The summed E-state index contributed by atoms with van der Waals surface area (Å²) in [6.07, 6.45) is 6.07. The zero-order valence-electron chi connectivity index (χ0n) is 18.5. The van der Waals surface area contributed by atoms with Crippen molar-refractivity contribution >= 4 is 23.2 Å². The van der Waals surface area contributed by atoms with Crippen molar-refractivity contribution < 1.29 is 9.59 Å². The van der Waals surface area contributed by atoms with Crippen molar-refractivity contribution in [3.05, 3.63) is 59.7 Å². The summed E-state index contributed by atoms with van der Waals surface area (Å²) in [5, 5.41) is 3.08. The molecule has 0 unspecified atom stereocenters. The summed E-state index contributed by atoms with van der Waals surface area (Å²) in [4.78, 5) is 29.4. The minimum Gasteiger partial charge on any atom is -0.368 e. The highest BCUT2D eigenvalue weighted by atomic mass is 16.2. The van der Waals surface area contributed by atoms with Gasteiger partial charge in [-0.2, -0.15) is 0 Å². The van der Waals surface area contributed by atoms with Gasteiger partial charge in [0.25, 0.3) is 0 Å². The molecule has 31 heavy (non-hydrogen) atoms. The number of amides is 2. The normalized spacial score (nSPS) is 17.5. The van der Waals surface area contributed by atoms with Gasteiger partial charge in [-0.1, -0.05) is 49.1 Å². The van der Waals surface area contributed by atoms with E-state index in [2.05, 4.69) is 41.4 Å². The number of hydrogen-bond acceptors (Lipinski definition) is 3. The van der Waals surface area contributed by atoms with Crippen LogP contribution in [0.1, 0.15) is 43.2 Å². The SMILES string of the molecule is Cc1cccc(CC(=O)N2CCN(c3ccc(NC(=O)C4CCCCC4)cc3)CC2)c1. The highest BCUT2D eigenvalue weighted by Crippen LogP contribution is 2.26. The van der Waals surface area contributed by atoms with Crippen molar-refractivity contribution in [2.75, 3.05) is 36.4 Å². The highest BCUT2D eigenvalue weighted by Gasteiger charge is 2.23. The average molecular weight is 420 g/mol. The summed E-state index contributed by atoms with van der Waals surface area (Å²) < 4.78 is 0. The van der Waals surface area contributed by atoms with E-state index in [1.54, 1.807) is 0 Å². The number of piperazine rings is 1. The standard InChI is InChI=1S/C26H33N3O2/c1-20-6-5-7-21(18-20)19-25(30)29-16-14-28(15-17-29)24-12-10-23(11-13-24)27-26(31)22-8-3-2-4-9-22/h5-7,10-13,18,22H,2-4,8-9,14-17,19H2,1H3,(H,27,31). The lowest BCUT2D eigenvalue weighted by Gasteiger charge is -2.36. The molecule has 4 rings (SSSR count). The van der Waals surface area contributed by atoms with Crippen LogP contribution in [0.3, 0.4) is 0 Å². The Kier molecular flexibility index (Phi) is 6.90. The molecule has 0 bridgehead atoms. The van der Waals surface area contributed by atoms with Crippen LogP contribution < -0.4 is 10.2 Å². The van der Waals surface area contributed by atoms with Crippen molar-refractivity contribution in [2.24, 2.45) is 5.92 Å². The molecule has 1 aliphatic heterocycles. The molecule has 2 fully saturated rings. The van der Waals surface area contributed by atoms with Crippen LogP contribution in [0, 0.1) is 12.8 Å². The van der Waals surface area contributed by atoms with Crippen LogP contribution in [-0.4, -0.2) is 42.9 Å². The van der Waals surface area contributed by atoms with Crippen molar-refractivity contribution in [2.45, 2.75) is 45.4 Å². The maximum Gasteiger partial charge on any atom is 0.227 e. The first kappa shape index (κ1) is 21.4. The van der Waals surface area contributed by atoms with Gasteiger partial charge in [0, 0.05) is 43.5 Å². The van der Waals surface area contributed by atoms with Gasteiger partial charge in [0.15, 0.2) is 0 Å². The number of carbonyl (C=O) groups is 2. The number of hydrogen-bond donors (Lipinski definition) is 1. The summed E-state index contributed by atoms with van der Waals surface area (Å²) >= 11 is 0. The van der Waals surface area contributed by atoms with Gasteiger partial charge >= 0.3 is 0 Å². The van der Waals surface area contributed by atoms with Crippen molar-refractivity contribution in [1.29, 1.82) is 0 Å². The molecule has 2 amide bonds. The van der Waals surface area contributed by atoms with Gasteiger partial charge < -0.3 is 15.1 Å². The first-order valence-electron chi connectivity index (χ1n) is 11.6. The number of benzene rings is 2. The van der Waals surface area contributed by atoms with Gasteiger partial charge in [0.1, 0.15) is 0 Å². The number of nitrogens with one attached hydrogen (secondary N) is 1. The number of carbonyl (C=O) groups excluding carboxylic acids is 2. The summed E-state index contributed by atoms with van der Waals surface area (Å²) in [7, 11) is 0. The molecule has 2 aromatic rings. The van der Waals surface area contributed by atoms with E-state index >= 15 is 0 Å². The fourth-order valence-corrected chi connectivity index (χ4v) is 4.69. The minimum atomic E-state index is 0.160. The lowest BCUT2D eigenvalue weighted by molar-refractivity contribution is -0.130. The summed E-state index contributed by atoms with van der Waals surface area (Å²) in [5.74, 6) is 0.526. The van der Waals surface area contributed by atoms with Crippen molar-refractivity contribution in [1.82, 2.24) is 4.90 Å². The maximum absolute atomic E-state index is 12.7. The Labute approximate surface area is 185 Å². The molecule has 1 heterocycles. The van der Waals surface area contributed by atoms with E-state index < -0.39 is 0 Å². The van der Waals surface area contributed by atoms with Crippen LogP contribution in [0.4, 0.5) is 11.4 Å². The zero-order valence-corrected chi connectivity index (χ0v) is 18.5.